The zero-order valence-corrected chi connectivity index (χ0v) is 9.08. The number of hydrogen-bond donors (Lipinski definition) is 3. The molecule has 0 radical (unpaired) electrons. The fraction of sp³-hybridized carbons (Fsp3) is 1.00. The fourth-order valence-corrected chi connectivity index (χ4v) is 2.38. The molecule has 0 amide bonds. The van der Waals surface area contributed by atoms with E-state index in [1.165, 1.54) is 32.1 Å². The second-order valence-corrected chi connectivity index (χ2v) is 4.29. The van der Waals surface area contributed by atoms with Gasteiger partial charge in [0.1, 0.15) is 0 Å². The Kier molecular flexibility index (Phi) is 5.45. The average molecular weight is 201 g/mol. The van der Waals surface area contributed by atoms with Crippen molar-refractivity contribution in [2.75, 3.05) is 13.2 Å². The summed E-state index contributed by atoms with van der Waals surface area (Å²) in [6.45, 7) is 2.28. The lowest BCUT2D eigenvalue weighted by molar-refractivity contribution is 0.138. The topological polar surface area (TPSA) is 52.5 Å². The molecule has 2 atom stereocenters. The lowest BCUT2D eigenvalue weighted by atomic mass is 9.82. The van der Waals surface area contributed by atoms with Gasteiger partial charge in [0.2, 0.25) is 0 Å². The summed E-state index contributed by atoms with van der Waals surface area (Å²) in [6, 6.07) is 0.366. The van der Waals surface area contributed by atoms with Crippen LogP contribution in [0.15, 0.2) is 0 Å². The van der Waals surface area contributed by atoms with Crippen LogP contribution < -0.4 is 5.32 Å². The molecule has 0 spiro atoms. The van der Waals surface area contributed by atoms with Gasteiger partial charge in [-0.25, -0.2) is 0 Å². The lowest BCUT2D eigenvalue weighted by Crippen LogP contribution is -2.47. The molecule has 3 nitrogen and oxygen atoms in total. The molecule has 0 aliphatic heterocycles. The van der Waals surface area contributed by atoms with Crippen molar-refractivity contribution in [3.63, 3.8) is 0 Å². The molecule has 0 heterocycles. The molecule has 0 aromatic heterocycles. The molecule has 0 aromatic carbocycles. The highest BCUT2D eigenvalue weighted by Crippen LogP contribution is 2.26. The van der Waals surface area contributed by atoms with Gasteiger partial charge in [0.15, 0.2) is 0 Å². The maximum Gasteiger partial charge on any atom is 0.0607 e. The first-order valence-electron chi connectivity index (χ1n) is 5.79. The molecule has 1 aliphatic rings. The zero-order valence-electron chi connectivity index (χ0n) is 9.08. The number of nitrogens with one attached hydrogen (secondary N) is 1. The van der Waals surface area contributed by atoms with Gasteiger partial charge in [0.05, 0.1) is 19.3 Å². The molecule has 1 fully saturated rings. The summed E-state index contributed by atoms with van der Waals surface area (Å²) < 4.78 is 0. The Morgan fingerprint density at radius 2 is 1.86 bits per heavy atom. The summed E-state index contributed by atoms with van der Waals surface area (Å²) >= 11 is 0. The summed E-state index contributed by atoms with van der Waals surface area (Å²) in [6.07, 6.45) is 6.28. The van der Waals surface area contributed by atoms with E-state index in [9.17, 15) is 0 Å². The zero-order chi connectivity index (χ0) is 10.4. The van der Waals surface area contributed by atoms with Gasteiger partial charge in [-0.3, -0.25) is 0 Å². The van der Waals surface area contributed by atoms with E-state index in [0.717, 1.165) is 5.92 Å². The van der Waals surface area contributed by atoms with Crippen LogP contribution in [-0.2, 0) is 0 Å². The lowest BCUT2D eigenvalue weighted by Gasteiger charge is -2.33. The molecule has 0 saturated heterocycles. The SMILES string of the molecule is CC[C@H]1CCCC[C@@H]1NC(CO)CO. The van der Waals surface area contributed by atoms with Crippen LogP contribution in [0.25, 0.3) is 0 Å². The normalized spacial score (nSPS) is 28.3. The molecule has 1 aliphatic carbocycles. The average Bonchev–Trinajstić information content (AvgIpc) is 2.26. The van der Waals surface area contributed by atoms with Crippen molar-refractivity contribution >= 4 is 0 Å². The Balaban J connectivity index is 2.39. The number of rotatable bonds is 5. The van der Waals surface area contributed by atoms with E-state index in [1.54, 1.807) is 0 Å². The van der Waals surface area contributed by atoms with E-state index < -0.39 is 0 Å². The van der Waals surface area contributed by atoms with Gasteiger partial charge in [0, 0.05) is 6.04 Å². The monoisotopic (exact) mass is 201 g/mol. The van der Waals surface area contributed by atoms with Gasteiger partial charge < -0.3 is 15.5 Å². The van der Waals surface area contributed by atoms with E-state index >= 15 is 0 Å². The maximum atomic E-state index is 8.99. The van der Waals surface area contributed by atoms with Gasteiger partial charge in [0.25, 0.3) is 0 Å². The third-order valence-corrected chi connectivity index (χ3v) is 3.32. The smallest absolute Gasteiger partial charge is 0.0607 e. The highest BCUT2D eigenvalue weighted by atomic mass is 16.3. The molecule has 0 unspecified atom stereocenters. The van der Waals surface area contributed by atoms with Crippen molar-refractivity contribution in [2.45, 2.75) is 51.1 Å². The van der Waals surface area contributed by atoms with Crippen molar-refractivity contribution in [3.8, 4) is 0 Å². The summed E-state index contributed by atoms with van der Waals surface area (Å²) in [5.74, 6) is 0.726. The van der Waals surface area contributed by atoms with Crippen molar-refractivity contribution in [1.29, 1.82) is 0 Å². The van der Waals surface area contributed by atoms with Crippen LogP contribution in [-0.4, -0.2) is 35.5 Å². The quantitative estimate of drug-likeness (QED) is 0.619. The molecular weight excluding hydrogens is 178 g/mol. The molecule has 0 aromatic rings. The van der Waals surface area contributed by atoms with Crippen LogP contribution in [0.4, 0.5) is 0 Å². The summed E-state index contributed by atoms with van der Waals surface area (Å²) in [4.78, 5) is 0. The number of hydrogen-bond acceptors (Lipinski definition) is 3. The van der Waals surface area contributed by atoms with E-state index in [4.69, 9.17) is 10.2 Å². The number of aliphatic hydroxyl groups is 2. The second-order valence-electron chi connectivity index (χ2n) is 4.29. The van der Waals surface area contributed by atoms with Crippen molar-refractivity contribution in [1.82, 2.24) is 5.32 Å². The van der Waals surface area contributed by atoms with Crippen molar-refractivity contribution in [2.24, 2.45) is 5.92 Å². The van der Waals surface area contributed by atoms with Crippen molar-refractivity contribution < 1.29 is 10.2 Å². The molecule has 84 valence electrons. The van der Waals surface area contributed by atoms with E-state index in [0.29, 0.717) is 6.04 Å². The van der Waals surface area contributed by atoms with E-state index in [-0.39, 0.29) is 19.3 Å². The van der Waals surface area contributed by atoms with E-state index in [1.807, 2.05) is 0 Å². The Morgan fingerprint density at radius 1 is 1.21 bits per heavy atom. The van der Waals surface area contributed by atoms with Gasteiger partial charge in [-0.2, -0.15) is 0 Å². The highest BCUT2D eigenvalue weighted by Gasteiger charge is 2.25. The van der Waals surface area contributed by atoms with Gasteiger partial charge >= 0.3 is 0 Å². The third-order valence-electron chi connectivity index (χ3n) is 3.32. The van der Waals surface area contributed by atoms with E-state index in [2.05, 4.69) is 12.2 Å². The van der Waals surface area contributed by atoms with Crippen LogP contribution in [0.5, 0.6) is 0 Å². The fourth-order valence-electron chi connectivity index (χ4n) is 2.38. The molecule has 3 N–H and O–H groups in total. The first kappa shape index (κ1) is 12.0. The van der Waals surface area contributed by atoms with Crippen LogP contribution in [0.3, 0.4) is 0 Å². The van der Waals surface area contributed by atoms with Gasteiger partial charge in [-0.05, 0) is 18.8 Å². The summed E-state index contributed by atoms with van der Waals surface area (Å²) in [7, 11) is 0. The molecule has 0 bridgehead atoms. The Morgan fingerprint density at radius 3 is 2.43 bits per heavy atom. The van der Waals surface area contributed by atoms with Crippen molar-refractivity contribution in [3.05, 3.63) is 0 Å². The molecule has 3 heteroatoms. The molecular formula is C11H23NO2. The third kappa shape index (κ3) is 3.23. The Bertz CT molecular complexity index is 148. The summed E-state index contributed by atoms with van der Waals surface area (Å²) in [5.41, 5.74) is 0. The minimum absolute atomic E-state index is 0.0312. The van der Waals surface area contributed by atoms with Crippen LogP contribution >= 0.6 is 0 Å². The predicted octanol–water partition coefficient (Wildman–Crippen LogP) is 0.898. The predicted molar refractivity (Wildman–Crippen MR) is 57.1 cm³/mol. The Labute approximate surface area is 86.5 Å². The number of aliphatic hydroxyl groups excluding tert-OH is 2. The van der Waals surface area contributed by atoms with Crippen LogP contribution in [0.2, 0.25) is 0 Å². The van der Waals surface area contributed by atoms with Gasteiger partial charge in [-0.15, -0.1) is 0 Å². The standard InChI is InChI=1S/C11H23NO2/c1-2-9-5-3-4-6-11(9)12-10(7-13)8-14/h9-14H,2-8H2,1H3/t9-,11-/m0/s1. The molecule has 1 rings (SSSR count). The largest absolute Gasteiger partial charge is 0.395 e. The minimum atomic E-state index is -0.132. The minimum Gasteiger partial charge on any atom is -0.395 e. The second kappa shape index (κ2) is 6.38. The Hall–Kier alpha value is -0.120. The molecule has 14 heavy (non-hydrogen) atoms. The van der Waals surface area contributed by atoms with Crippen LogP contribution in [0.1, 0.15) is 39.0 Å². The first-order chi connectivity index (χ1) is 6.81. The summed E-state index contributed by atoms with van der Waals surface area (Å²) in [5, 5.41) is 21.3. The molecule has 1 saturated carbocycles. The van der Waals surface area contributed by atoms with Gasteiger partial charge in [-0.1, -0.05) is 26.2 Å². The highest BCUT2D eigenvalue weighted by molar-refractivity contribution is 4.82. The first-order valence-corrected chi connectivity index (χ1v) is 5.79. The maximum absolute atomic E-state index is 8.99. The van der Waals surface area contributed by atoms with Crippen LogP contribution in [0, 0.1) is 5.92 Å².